The first-order valence-corrected chi connectivity index (χ1v) is 7.53. The smallest absolute Gasteiger partial charge is 0.335 e. The Kier molecular flexibility index (Phi) is 4.54. The number of carboxylic acid groups (broad SMARTS) is 1. The first-order chi connectivity index (χ1) is 9.47. The summed E-state index contributed by atoms with van der Waals surface area (Å²) in [6.45, 7) is 5.38. The Morgan fingerprint density at radius 1 is 1.45 bits per heavy atom. The van der Waals surface area contributed by atoms with Crippen LogP contribution in [0.15, 0.2) is 18.2 Å². The molecule has 2 amide bonds. The number of benzene rings is 1. The van der Waals surface area contributed by atoms with E-state index in [1.54, 1.807) is 24.0 Å². The number of amides is 2. The number of rotatable bonds is 2. The van der Waals surface area contributed by atoms with E-state index >= 15 is 0 Å². The van der Waals surface area contributed by atoms with Crippen LogP contribution in [0.25, 0.3) is 0 Å². The van der Waals surface area contributed by atoms with E-state index in [1.165, 1.54) is 6.07 Å². The molecule has 1 heterocycles. The number of carboxylic acids is 1. The minimum Gasteiger partial charge on any atom is -0.478 e. The van der Waals surface area contributed by atoms with Crippen molar-refractivity contribution in [3.63, 3.8) is 0 Å². The second-order valence-electron chi connectivity index (χ2n) is 4.89. The number of hydrogen-bond acceptors (Lipinski definition) is 3. The SMILES string of the molecule is Cc1cc(C(=O)O)ccc1NC(=O)N1CCSC(C)C1. The van der Waals surface area contributed by atoms with Crippen LogP contribution in [0.4, 0.5) is 10.5 Å². The highest BCUT2D eigenvalue weighted by molar-refractivity contribution is 7.99. The minimum absolute atomic E-state index is 0.122. The van der Waals surface area contributed by atoms with Crippen LogP contribution in [0.2, 0.25) is 0 Å². The molecule has 2 N–H and O–H groups in total. The average Bonchev–Trinajstić information content (AvgIpc) is 2.40. The van der Waals surface area contributed by atoms with Crippen LogP contribution < -0.4 is 5.32 Å². The van der Waals surface area contributed by atoms with Crippen LogP contribution in [0.1, 0.15) is 22.8 Å². The molecule has 0 spiro atoms. The maximum Gasteiger partial charge on any atom is 0.335 e. The van der Waals surface area contributed by atoms with Crippen LogP contribution in [0.3, 0.4) is 0 Å². The van der Waals surface area contributed by atoms with Crippen molar-refractivity contribution in [1.29, 1.82) is 0 Å². The summed E-state index contributed by atoms with van der Waals surface area (Å²) in [7, 11) is 0. The molecule has 5 nitrogen and oxygen atoms in total. The van der Waals surface area contributed by atoms with Gasteiger partial charge in [-0.1, -0.05) is 6.92 Å². The summed E-state index contributed by atoms with van der Waals surface area (Å²) >= 11 is 1.87. The maximum absolute atomic E-state index is 12.2. The van der Waals surface area contributed by atoms with E-state index < -0.39 is 5.97 Å². The van der Waals surface area contributed by atoms with Gasteiger partial charge in [0.25, 0.3) is 0 Å². The molecular formula is C14H18N2O3S. The molecule has 0 radical (unpaired) electrons. The van der Waals surface area contributed by atoms with Gasteiger partial charge in [-0.15, -0.1) is 0 Å². The zero-order chi connectivity index (χ0) is 14.7. The Balaban J connectivity index is 2.06. The summed E-state index contributed by atoms with van der Waals surface area (Å²) in [6, 6.07) is 4.58. The standard InChI is InChI=1S/C14H18N2O3S/c1-9-7-11(13(17)18)3-4-12(9)15-14(19)16-5-6-20-10(2)8-16/h3-4,7,10H,5-6,8H2,1-2H3,(H,15,19)(H,17,18). The molecule has 1 fully saturated rings. The molecule has 1 aromatic rings. The van der Waals surface area contributed by atoms with Gasteiger partial charge in [0.15, 0.2) is 0 Å². The van der Waals surface area contributed by atoms with Crippen LogP contribution in [-0.4, -0.2) is 46.1 Å². The fourth-order valence-electron chi connectivity index (χ4n) is 2.13. The van der Waals surface area contributed by atoms with Gasteiger partial charge in [-0.05, 0) is 30.7 Å². The highest BCUT2D eigenvalue weighted by atomic mass is 32.2. The number of nitrogens with zero attached hydrogens (tertiary/aromatic N) is 1. The summed E-state index contributed by atoms with van der Waals surface area (Å²) < 4.78 is 0. The number of anilines is 1. The molecule has 1 aromatic carbocycles. The van der Waals surface area contributed by atoms with Crippen molar-refractivity contribution in [2.75, 3.05) is 24.2 Å². The molecule has 6 heteroatoms. The van der Waals surface area contributed by atoms with Crippen LogP contribution >= 0.6 is 11.8 Å². The van der Waals surface area contributed by atoms with Crippen LogP contribution in [0.5, 0.6) is 0 Å². The van der Waals surface area contributed by atoms with Gasteiger partial charge in [0.05, 0.1) is 5.56 Å². The predicted molar refractivity (Wildman–Crippen MR) is 80.7 cm³/mol. The van der Waals surface area contributed by atoms with Crippen molar-refractivity contribution < 1.29 is 14.7 Å². The second-order valence-corrected chi connectivity index (χ2v) is 6.44. The van der Waals surface area contributed by atoms with E-state index in [0.29, 0.717) is 10.9 Å². The first-order valence-electron chi connectivity index (χ1n) is 6.49. The summed E-state index contributed by atoms with van der Waals surface area (Å²) in [4.78, 5) is 24.8. The predicted octanol–water partition coefficient (Wildman–Crippen LogP) is 2.66. The average molecular weight is 294 g/mol. The van der Waals surface area contributed by atoms with Gasteiger partial charge in [-0.25, -0.2) is 9.59 Å². The Morgan fingerprint density at radius 3 is 2.80 bits per heavy atom. The topological polar surface area (TPSA) is 69.6 Å². The number of aryl methyl sites for hydroxylation is 1. The molecule has 0 bridgehead atoms. The lowest BCUT2D eigenvalue weighted by atomic mass is 10.1. The van der Waals surface area contributed by atoms with Gasteiger partial charge in [0.1, 0.15) is 0 Å². The van der Waals surface area contributed by atoms with Gasteiger partial charge in [0, 0.05) is 29.8 Å². The lowest BCUT2D eigenvalue weighted by molar-refractivity contribution is 0.0697. The van der Waals surface area contributed by atoms with E-state index in [1.807, 2.05) is 11.8 Å². The van der Waals surface area contributed by atoms with E-state index in [4.69, 9.17) is 5.11 Å². The molecule has 1 aliphatic rings. The van der Waals surface area contributed by atoms with Gasteiger partial charge < -0.3 is 15.3 Å². The Hall–Kier alpha value is -1.69. The molecule has 0 saturated carbocycles. The number of nitrogens with one attached hydrogen (secondary N) is 1. The number of urea groups is 1. The monoisotopic (exact) mass is 294 g/mol. The minimum atomic E-state index is -0.965. The number of aromatic carboxylic acids is 1. The zero-order valence-corrected chi connectivity index (χ0v) is 12.4. The molecule has 1 aliphatic heterocycles. The van der Waals surface area contributed by atoms with Gasteiger partial charge >= 0.3 is 12.0 Å². The summed E-state index contributed by atoms with van der Waals surface area (Å²) in [5, 5.41) is 12.2. The fourth-order valence-corrected chi connectivity index (χ4v) is 3.15. The van der Waals surface area contributed by atoms with E-state index in [2.05, 4.69) is 12.2 Å². The molecule has 0 aromatic heterocycles. The highest BCUT2D eigenvalue weighted by Gasteiger charge is 2.21. The van der Waals surface area contributed by atoms with Gasteiger partial charge in [-0.2, -0.15) is 11.8 Å². The molecule has 1 saturated heterocycles. The zero-order valence-electron chi connectivity index (χ0n) is 11.5. The van der Waals surface area contributed by atoms with E-state index in [0.717, 1.165) is 24.4 Å². The van der Waals surface area contributed by atoms with E-state index in [-0.39, 0.29) is 11.6 Å². The third-order valence-corrected chi connectivity index (χ3v) is 4.38. The van der Waals surface area contributed by atoms with Crippen molar-refractivity contribution in [1.82, 2.24) is 4.90 Å². The molecular weight excluding hydrogens is 276 g/mol. The fraction of sp³-hybridized carbons (Fsp3) is 0.429. The summed E-state index contributed by atoms with van der Waals surface area (Å²) in [6.07, 6.45) is 0. The largest absolute Gasteiger partial charge is 0.478 e. The van der Waals surface area contributed by atoms with Gasteiger partial charge in [-0.3, -0.25) is 0 Å². The van der Waals surface area contributed by atoms with Crippen LogP contribution in [-0.2, 0) is 0 Å². The summed E-state index contributed by atoms with van der Waals surface area (Å²) in [5.41, 5.74) is 1.63. The molecule has 0 aliphatic carbocycles. The Labute approximate surface area is 122 Å². The normalized spacial score (nSPS) is 18.7. The molecule has 1 atom stereocenters. The highest BCUT2D eigenvalue weighted by Crippen LogP contribution is 2.20. The Bertz CT molecular complexity index is 533. The van der Waals surface area contributed by atoms with E-state index in [9.17, 15) is 9.59 Å². The lowest BCUT2D eigenvalue weighted by Crippen LogP contribution is -2.43. The van der Waals surface area contributed by atoms with Crippen molar-refractivity contribution in [3.05, 3.63) is 29.3 Å². The third-order valence-electron chi connectivity index (χ3n) is 3.24. The number of thioether (sulfide) groups is 1. The molecule has 1 unspecified atom stereocenters. The molecule has 108 valence electrons. The first kappa shape index (κ1) is 14.7. The third kappa shape index (κ3) is 3.45. The second kappa shape index (κ2) is 6.17. The Morgan fingerprint density at radius 2 is 2.20 bits per heavy atom. The quantitative estimate of drug-likeness (QED) is 0.880. The molecule has 2 rings (SSSR count). The van der Waals surface area contributed by atoms with Crippen molar-refractivity contribution in [3.8, 4) is 0 Å². The molecule has 20 heavy (non-hydrogen) atoms. The maximum atomic E-state index is 12.2. The number of carbonyl (C=O) groups excluding carboxylic acids is 1. The van der Waals surface area contributed by atoms with Crippen molar-refractivity contribution >= 4 is 29.4 Å². The van der Waals surface area contributed by atoms with Crippen molar-refractivity contribution in [2.24, 2.45) is 0 Å². The summed E-state index contributed by atoms with van der Waals surface area (Å²) in [5.74, 6) is -0.0150. The van der Waals surface area contributed by atoms with Crippen LogP contribution in [0, 0.1) is 6.92 Å². The van der Waals surface area contributed by atoms with Gasteiger partial charge in [0.2, 0.25) is 0 Å². The van der Waals surface area contributed by atoms with Crippen molar-refractivity contribution in [2.45, 2.75) is 19.1 Å². The lowest BCUT2D eigenvalue weighted by Gasteiger charge is -2.30. The number of hydrogen-bond donors (Lipinski definition) is 2. The number of carbonyl (C=O) groups is 2.